The fourth-order valence-electron chi connectivity index (χ4n) is 3.39. The van der Waals surface area contributed by atoms with Crippen LogP contribution in [-0.2, 0) is 9.53 Å². The van der Waals surface area contributed by atoms with Gasteiger partial charge >= 0.3 is 5.97 Å². The summed E-state index contributed by atoms with van der Waals surface area (Å²) in [5.41, 5.74) is 4.96. The smallest absolute Gasteiger partial charge is 0.338 e. The minimum Gasteiger partial charge on any atom is -0.462 e. The zero-order valence-electron chi connectivity index (χ0n) is 18.5. The topological polar surface area (TPSA) is 99.0 Å². The van der Waals surface area contributed by atoms with E-state index in [0.717, 1.165) is 16.6 Å². The summed E-state index contributed by atoms with van der Waals surface area (Å²) in [6, 6.07) is 12.7. The molecule has 0 unspecified atom stereocenters. The number of fused-ring (bicyclic) bond motifs is 1. The standard InChI is InChI=1S/C24H23N5O3S/c1-4-32-24(31)17-6-8-18(9-7-17)28-21(30)13-33-23-19-12-27-29(22(19)25-14-26-23)20-10-5-15(2)11-16(20)3/h5-12,14H,4,13H2,1-3H3,(H,28,30). The SMILES string of the molecule is CCOC(=O)c1ccc(NC(=O)CSc2ncnc3c2cnn3-c2ccc(C)cc2C)cc1. The number of esters is 1. The molecule has 2 aromatic carbocycles. The fourth-order valence-corrected chi connectivity index (χ4v) is 4.15. The van der Waals surface area contributed by atoms with Crippen molar-refractivity contribution in [2.24, 2.45) is 0 Å². The molecule has 0 spiro atoms. The number of amides is 1. The van der Waals surface area contributed by atoms with Gasteiger partial charge in [0.1, 0.15) is 11.4 Å². The number of rotatable bonds is 7. The lowest BCUT2D eigenvalue weighted by molar-refractivity contribution is -0.113. The lowest BCUT2D eigenvalue weighted by Gasteiger charge is -2.08. The molecule has 4 rings (SSSR count). The highest BCUT2D eigenvalue weighted by Crippen LogP contribution is 2.27. The molecule has 0 fully saturated rings. The molecule has 0 aliphatic carbocycles. The second-order valence-corrected chi connectivity index (χ2v) is 8.36. The highest BCUT2D eigenvalue weighted by Gasteiger charge is 2.14. The number of nitrogens with zero attached hydrogens (tertiary/aromatic N) is 4. The zero-order chi connectivity index (χ0) is 23.4. The highest BCUT2D eigenvalue weighted by atomic mass is 32.2. The molecule has 2 heterocycles. The number of hydrogen-bond donors (Lipinski definition) is 1. The Morgan fingerprint density at radius 3 is 2.61 bits per heavy atom. The van der Waals surface area contributed by atoms with Gasteiger partial charge < -0.3 is 10.1 Å². The molecule has 0 aliphatic rings. The summed E-state index contributed by atoms with van der Waals surface area (Å²) in [7, 11) is 0. The summed E-state index contributed by atoms with van der Waals surface area (Å²) in [6.07, 6.45) is 3.21. The number of aryl methyl sites for hydroxylation is 2. The Bertz CT molecular complexity index is 1320. The first-order valence-corrected chi connectivity index (χ1v) is 11.4. The number of hydrogen-bond acceptors (Lipinski definition) is 7. The minimum atomic E-state index is -0.389. The van der Waals surface area contributed by atoms with Crippen LogP contribution in [0, 0.1) is 13.8 Å². The van der Waals surface area contributed by atoms with Crippen LogP contribution in [0.1, 0.15) is 28.4 Å². The normalized spacial score (nSPS) is 10.9. The van der Waals surface area contributed by atoms with Crippen molar-refractivity contribution in [2.45, 2.75) is 25.8 Å². The van der Waals surface area contributed by atoms with Crippen LogP contribution in [0.3, 0.4) is 0 Å². The van der Waals surface area contributed by atoms with Gasteiger partial charge in [-0.1, -0.05) is 29.5 Å². The van der Waals surface area contributed by atoms with E-state index in [1.54, 1.807) is 42.1 Å². The molecule has 0 atom stereocenters. The van der Waals surface area contributed by atoms with Gasteiger partial charge in [0.25, 0.3) is 0 Å². The van der Waals surface area contributed by atoms with Crippen molar-refractivity contribution in [3.63, 3.8) is 0 Å². The Hall–Kier alpha value is -3.72. The summed E-state index contributed by atoms with van der Waals surface area (Å²) in [6.45, 7) is 6.16. The lowest BCUT2D eigenvalue weighted by atomic mass is 10.1. The van der Waals surface area contributed by atoms with Gasteiger partial charge in [-0.15, -0.1) is 0 Å². The monoisotopic (exact) mass is 461 g/mol. The van der Waals surface area contributed by atoms with Crippen molar-refractivity contribution in [3.05, 3.63) is 71.7 Å². The summed E-state index contributed by atoms with van der Waals surface area (Å²) in [5.74, 6) is -0.405. The van der Waals surface area contributed by atoms with E-state index < -0.39 is 0 Å². The number of carbonyl (C=O) groups excluding carboxylic acids is 2. The van der Waals surface area contributed by atoms with E-state index in [0.29, 0.717) is 28.5 Å². The summed E-state index contributed by atoms with van der Waals surface area (Å²) >= 11 is 1.32. The highest BCUT2D eigenvalue weighted by molar-refractivity contribution is 8.00. The van der Waals surface area contributed by atoms with E-state index in [2.05, 4.69) is 33.4 Å². The van der Waals surface area contributed by atoms with Crippen LogP contribution in [0.4, 0.5) is 5.69 Å². The van der Waals surface area contributed by atoms with Crippen LogP contribution in [-0.4, -0.2) is 44.0 Å². The number of benzene rings is 2. The van der Waals surface area contributed by atoms with Crippen molar-refractivity contribution in [2.75, 3.05) is 17.7 Å². The van der Waals surface area contributed by atoms with Gasteiger partial charge in [-0.3, -0.25) is 4.79 Å². The molecule has 33 heavy (non-hydrogen) atoms. The first kappa shape index (κ1) is 22.5. The summed E-state index contributed by atoms with van der Waals surface area (Å²) in [4.78, 5) is 33.0. The third-order valence-electron chi connectivity index (χ3n) is 4.93. The van der Waals surface area contributed by atoms with Gasteiger partial charge in [0, 0.05) is 5.69 Å². The van der Waals surface area contributed by atoms with Crippen LogP contribution < -0.4 is 5.32 Å². The molecular formula is C24H23N5O3S. The third kappa shape index (κ3) is 5.04. The predicted octanol–water partition coefficient (Wildman–Crippen LogP) is 4.34. The second kappa shape index (κ2) is 9.83. The lowest BCUT2D eigenvalue weighted by Crippen LogP contribution is -2.14. The molecule has 2 aromatic heterocycles. The molecule has 0 radical (unpaired) electrons. The van der Waals surface area contributed by atoms with Crippen LogP contribution in [0.15, 0.2) is 60.0 Å². The van der Waals surface area contributed by atoms with E-state index in [-0.39, 0.29) is 17.6 Å². The maximum absolute atomic E-state index is 12.5. The molecule has 8 nitrogen and oxygen atoms in total. The van der Waals surface area contributed by atoms with E-state index in [1.807, 2.05) is 19.1 Å². The molecule has 1 amide bonds. The van der Waals surface area contributed by atoms with Crippen molar-refractivity contribution < 1.29 is 14.3 Å². The van der Waals surface area contributed by atoms with Gasteiger partial charge in [-0.2, -0.15) is 5.10 Å². The predicted molar refractivity (Wildman–Crippen MR) is 128 cm³/mol. The van der Waals surface area contributed by atoms with Crippen molar-refractivity contribution in [3.8, 4) is 5.69 Å². The zero-order valence-corrected chi connectivity index (χ0v) is 19.3. The largest absolute Gasteiger partial charge is 0.462 e. The number of nitrogens with one attached hydrogen (secondary N) is 1. The Balaban J connectivity index is 1.45. The van der Waals surface area contributed by atoms with E-state index in [1.165, 1.54) is 23.7 Å². The molecule has 0 aliphatic heterocycles. The minimum absolute atomic E-state index is 0.167. The first-order chi connectivity index (χ1) is 16.0. The quantitative estimate of drug-likeness (QED) is 0.248. The number of aromatic nitrogens is 4. The summed E-state index contributed by atoms with van der Waals surface area (Å²) in [5, 5.41) is 8.81. The van der Waals surface area contributed by atoms with Crippen molar-refractivity contribution >= 4 is 40.4 Å². The van der Waals surface area contributed by atoms with E-state index in [9.17, 15) is 9.59 Å². The van der Waals surface area contributed by atoms with Crippen LogP contribution in [0.25, 0.3) is 16.7 Å². The number of anilines is 1. The van der Waals surface area contributed by atoms with E-state index >= 15 is 0 Å². The first-order valence-electron chi connectivity index (χ1n) is 10.4. The van der Waals surface area contributed by atoms with Crippen LogP contribution in [0.5, 0.6) is 0 Å². The molecular weight excluding hydrogens is 438 g/mol. The van der Waals surface area contributed by atoms with Crippen LogP contribution in [0.2, 0.25) is 0 Å². The molecule has 0 saturated heterocycles. The number of carbonyl (C=O) groups is 2. The Morgan fingerprint density at radius 2 is 1.88 bits per heavy atom. The molecule has 168 valence electrons. The molecule has 4 aromatic rings. The maximum Gasteiger partial charge on any atom is 0.338 e. The van der Waals surface area contributed by atoms with Gasteiger partial charge in [0.05, 0.1) is 35.2 Å². The van der Waals surface area contributed by atoms with E-state index in [4.69, 9.17) is 4.74 Å². The maximum atomic E-state index is 12.5. The number of thioether (sulfide) groups is 1. The van der Waals surface area contributed by atoms with Gasteiger partial charge in [-0.05, 0) is 56.7 Å². The van der Waals surface area contributed by atoms with Crippen molar-refractivity contribution in [1.29, 1.82) is 0 Å². The second-order valence-electron chi connectivity index (χ2n) is 7.40. The fraction of sp³-hybridized carbons (Fsp3) is 0.208. The van der Waals surface area contributed by atoms with Gasteiger partial charge in [0.2, 0.25) is 5.91 Å². The van der Waals surface area contributed by atoms with Crippen LogP contribution >= 0.6 is 11.8 Å². The summed E-state index contributed by atoms with van der Waals surface area (Å²) < 4.78 is 6.76. The molecule has 0 bridgehead atoms. The Labute approximate surface area is 195 Å². The molecule has 9 heteroatoms. The number of ether oxygens (including phenoxy) is 1. The van der Waals surface area contributed by atoms with Gasteiger partial charge in [-0.25, -0.2) is 19.4 Å². The average molecular weight is 462 g/mol. The van der Waals surface area contributed by atoms with Crippen molar-refractivity contribution in [1.82, 2.24) is 19.7 Å². The molecule has 1 N–H and O–H groups in total. The molecule has 0 saturated carbocycles. The Kier molecular flexibility index (Phi) is 6.69. The average Bonchev–Trinajstić information content (AvgIpc) is 3.23. The third-order valence-corrected chi connectivity index (χ3v) is 5.93. The Morgan fingerprint density at radius 1 is 1.09 bits per heavy atom. The van der Waals surface area contributed by atoms with Gasteiger partial charge in [0.15, 0.2) is 5.65 Å².